The molecule has 0 unspecified atom stereocenters. The molecular weight excluding hydrogens is 498 g/mol. The fourth-order valence-corrected chi connectivity index (χ4v) is 6.03. The van der Waals surface area contributed by atoms with E-state index in [-0.39, 0.29) is 11.1 Å². The second kappa shape index (κ2) is 7.21. The smallest absolute Gasteiger partial charge is 0.320 e. The molecule has 6 nitrogen and oxygen atoms in total. The highest BCUT2D eigenvalue weighted by atomic mass is 79.9. The Bertz CT molecular complexity index is 1360. The van der Waals surface area contributed by atoms with Gasteiger partial charge in [-0.1, -0.05) is 70.0 Å². The van der Waals surface area contributed by atoms with Gasteiger partial charge in [-0.25, -0.2) is 0 Å². The Balaban J connectivity index is 1.68. The molecule has 2 heterocycles. The molecule has 2 fully saturated rings. The van der Waals surface area contributed by atoms with Crippen LogP contribution in [0.15, 0.2) is 77.3 Å². The number of ketones is 2. The number of esters is 2. The van der Waals surface area contributed by atoms with Gasteiger partial charge in [0.25, 0.3) is 0 Å². The summed E-state index contributed by atoms with van der Waals surface area (Å²) in [5.74, 6) is -4.75. The summed E-state index contributed by atoms with van der Waals surface area (Å²) in [6.45, 7) is 1.95. The van der Waals surface area contributed by atoms with Crippen LogP contribution in [0.1, 0.15) is 37.9 Å². The highest BCUT2D eigenvalue weighted by molar-refractivity contribution is 9.10. The van der Waals surface area contributed by atoms with Gasteiger partial charge in [-0.3, -0.25) is 19.2 Å². The summed E-state index contributed by atoms with van der Waals surface area (Å²) >= 11 is 3.43. The Morgan fingerprint density at radius 3 is 1.97 bits per heavy atom. The molecule has 0 aromatic heterocycles. The van der Waals surface area contributed by atoms with Crippen LogP contribution in [0.4, 0.5) is 5.69 Å². The Morgan fingerprint density at radius 2 is 1.38 bits per heavy atom. The van der Waals surface area contributed by atoms with Crippen LogP contribution in [0.3, 0.4) is 0 Å². The lowest BCUT2D eigenvalue weighted by molar-refractivity contribution is -0.154. The Hall–Kier alpha value is -3.58. The van der Waals surface area contributed by atoms with Crippen molar-refractivity contribution >= 4 is 45.1 Å². The van der Waals surface area contributed by atoms with Crippen molar-refractivity contribution in [2.75, 3.05) is 4.90 Å². The van der Waals surface area contributed by atoms with Crippen LogP contribution in [0, 0.1) is 18.8 Å². The molecule has 6 rings (SSSR count). The van der Waals surface area contributed by atoms with Crippen LogP contribution >= 0.6 is 15.9 Å². The van der Waals surface area contributed by atoms with E-state index in [2.05, 4.69) is 15.9 Å². The minimum Gasteiger partial charge on any atom is -0.393 e. The number of benzene rings is 3. The summed E-state index contributed by atoms with van der Waals surface area (Å²) in [4.78, 5) is 56.2. The van der Waals surface area contributed by atoms with E-state index in [1.807, 2.05) is 31.2 Å². The number of cyclic esters (lactones) is 2. The van der Waals surface area contributed by atoms with E-state index in [0.717, 1.165) is 15.6 Å². The SMILES string of the molecule is Cc1ccc([C@H]2[C@H]3C(=O)OC(=O)[C@@H]3C3(C(=O)c4ccccc4C3=O)N2c2ccc(Br)cc2)cc1. The van der Waals surface area contributed by atoms with Gasteiger partial charge in [0.1, 0.15) is 5.92 Å². The van der Waals surface area contributed by atoms with Gasteiger partial charge in [-0.15, -0.1) is 0 Å². The zero-order valence-electron chi connectivity index (χ0n) is 18.0. The summed E-state index contributed by atoms with van der Waals surface area (Å²) in [6, 6.07) is 20.6. The molecule has 168 valence electrons. The zero-order chi connectivity index (χ0) is 23.8. The first-order valence-electron chi connectivity index (χ1n) is 10.9. The first-order valence-corrected chi connectivity index (χ1v) is 11.7. The molecule has 0 amide bonds. The predicted molar refractivity (Wildman–Crippen MR) is 126 cm³/mol. The first kappa shape index (κ1) is 21.0. The molecule has 1 spiro atoms. The molecule has 3 aliphatic rings. The highest BCUT2D eigenvalue weighted by Crippen LogP contribution is 2.59. The minimum atomic E-state index is -1.90. The number of rotatable bonds is 2. The monoisotopic (exact) mass is 515 g/mol. The number of aryl methyl sites for hydroxylation is 1. The quantitative estimate of drug-likeness (QED) is 0.370. The van der Waals surface area contributed by atoms with Crippen LogP contribution in [0.5, 0.6) is 0 Å². The number of hydrogen-bond donors (Lipinski definition) is 0. The number of hydrogen-bond acceptors (Lipinski definition) is 6. The molecule has 34 heavy (non-hydrogen) atoms. The largest absolute Gasteiger partial charge is 0.393 e. The molecule has 3 atom stereocenters. The van der Waals surface area contributed by atoms with Crippen LogP contribution in [0.25, 0.3) is 0 Å². The molecule has 0 N–H and O–H groups in total. The topological polar surface area (TPSA) is 80.8 Å². The molecule has 1 aliphatic carbocycles. The van der Waals surface area contributed by atoms with Crippen LogP contribution in [-0.2, 0) is 14.3 Å². The molecule has 0 saturated carbocycles. The van der Waals surface area contributed by atoms with Gasteiger partial charge in [-0.2, -0.15) is 0 Å². The van der Waals surface area contributed by atoms with Crippen molar-refractivity contribution in [3.05, 3.63) is 99.5 Å². The zero-order valence-corrected chi connectivity index (χ0v) is 19.6. The van der Waals surface area contributed by atoms with Gasteiger partial charge in [0, 0.05) is 21.3 Å². The van der Waals surface area contributed by atoms with Crippen LogP contribution in [-0.4, -0.2) is 29.0 Å². The van der Waals surface area contributed by atoms with E-state index < -0.39 is 46.9 Å². The molecular formula is C27H18BrNO5. The van der Waals surface area contributed by atoms with Crippen molar-refractivity contribution < 1.29 is 23.9 Å². The molecule has 0 radical (unpaired) electrons. The lowest BCUT2D eigenvalue weighted by Gasteiger charge is -2.39. The van der Waals surface area contributed by atoms with Gasteiger partial charge < -0.3 is 9.64 Å². The van der Waals surface area contributed by atoms with E-state index in [4.69, 9.17) is 4.74 Å². The maximum absolute atomic E-state index is 14.1. The van der Waals surface area contributed by atoms with Crippen molar-refractivity contribution in [3.63, 3.8) is 0 Å². The average molecular weight is 516 g/mol. The maximum atomic E-state index is 14.1. The van der Waals surface area contributed by atoms with E-state index in [1.165, 1.54) is 0 Å². The van der Waals surface area contributed by atoms with Crippen LogP contribution < -0.4 is 4.90 Å². The van der Waals surface area contributed by atoms with Gasteiger partial charge in [0.15, 0.2) is 17.1 Å². The number of carbonyl (C=O) groups excluding carboxylic acids is 4. The van der Waals surface area contributed by atoms with Gasteiger partial charge in [0.2, 0.25) is 0 Å². The Morgan fingerprint density at radius 1 is 0.794 bits per heavy atom. The lowest BCUT2D eigenvalue weighted by atomic mass is 9.76. The summed E-state index contributed by atoms with van der Waals surface area (Å²) in [6.07, 6.45) is 0. The van der Waals surface area contributed by atoms with Gasteiger partial charge >= 0.3 is 11.9 Å². The van der Waals surface area contributed by atoms with E-state index >= 15 is 0 Å². The fraction of sp³-hybridized carbons (Fsp3) is 0.185. The number of anilines is 1. The summed E-state index contributed by atoms with van der Waals surface area (Å²) in [5, 5.41) is 0. The van der Waals surface area contributed by atoms with Crippen molar-refractivity contribution in [1.29, 1.82) is 0 Å². The first-order chi connectivity index (χ1) is 16.4. The third-order valence-corrected chi connectivity index (χ3v) is 7.70. The average Bonchev–Trinajstić information content (AvgIpc) is 3.39. The normalized spacial score (nSPS) is 24.5. The molecule has 3 aromatic carbocycles. The number of Topliss-reactive ketones (excluding diaryl/α,β-unsaturated/α-hetero) is 2. The Labute approximate surface area is 203 Å². The van der Waals surface area contributed by atoms with E-state index in [1.54, 1.807) is 53.4 Å². The lowest BCUT2D eigenvalue weighted by Crippen LogP contribution is -2.59. The van der Waals surface area contributed by atoms with Gasteiger partial charge in [0.05, 0.1) is 12.0 Å². The second-order valence-electron chi connectivity index (χ2n) is 8.92. The number of halogens is 1. The summed E-state index contributed by atoms with van der Waals surface area (Å²) in [5.41, 5.74) is 0.923. The number of fused-ring (bicyclic) bond motifs is 3. The van der Waals surface area contributed by atoms with E-state index in [0.29, 0.717) is 5.69 Å². The molecule has 7 heteroatoms. The maximum Gasteiger partial charge on any atom is 0.320 e. The Kier molecular flexibility index (Phi) is 4.45. The second-order valence-corrected chi connectivity index (χ2v) is 9.83. The number of nitrogens with zero attached hydrogens (tertiary/aromatic N) is 1. The van der Waals surface area contributed by atoms with Crippen molar-refractivity contribution in [2.24, 2.45) is 11.8 Å². The predicted octanol–water partition coefficient (Wildman–Crippen LogP) is 4.45. The molecule has 3 aromatic rings. The van der Waals surface area contributed by atoms with E-state index in [9.17, 15) is 19.2 Å². The highest BCUT2D eigenvalue weighted by Gasteiger charge is 2.76. The van der Waals surface area contributed by atoms with Crippen molar-refractivity contribution in [3.8, 4) is 0 Å². The molecule has 0 bridgehead atoms. The fourth-order valence-electron chi connectivity index (χ4n) is 5.76. The molecule has 2 saturated heterocycles. The van der Waals surface area contributed by atoms with Crippen molar-refractivity contribution in [2.45, 2.75) is 18.5 Å². The van der Waals surface area contributed by atoms with Crippen molar-refractivity contribution in [1.82, 2.24) is 0 Å². The third kappa shape index (κ3) is 2.56. The van der Waals surface area contributed by atoms with Gasteiger partial charge in [-0.05, 0) is 36.8 Å². The summed E-state index contributed by atoms with van der Waals surface area (Å²) in [7, 11) is 0. The number of carbonyl (C=O) groups is 4. The summed E-state index contributed by atoms with van der Waals surface area (Å²) < 4.78 is 5.89. The standard InChI is InChI=1S/C27H18BrNO5/c1-14-6-8-15(9-7-14)22-20-21(26(33)34-25(20)32)27(29(22)17-12-10-16(28)11-13-17)23(30)18-4-2-3-5-19(18)24(27)31/h2-13,20-22H,1H3/t20-,21+,22-/m0/s1. The molecule has 2 aliphatic heterocycles. The third-order valence-electron chi connectivity index (χ3n) is 7.17. The number of ether oxygens (including phenoxy) is 1. The minimum absolute atomic E-state index is 0.255. The van der Waals surface area contributed by atoms with Crippen LogP contribution in [0.2, 0.25) is 0 Å².